The number of nitrogens with zero attached hydrogens (tertiary/aromatic N) is 1. The Balaban J connectivity index is 4.21. The minimum Gasteiger partial charge on any atom is -0.387 e. The van der Waals surface area contributed by atoms with Crippen LogP contribution in [0.1, 0.15) is 296 Å². The first-order valence-corrected chi connectivity index (χ1v) is 37.7. The predicted molar refractivity (Wildman–Crippen MR) is 387 cm³/mol. The lowest BCUT2D eigenvalue weighted by Crippen LogP contribution is -2.45. The molecule has 0 radical (unpaired) electrons. The van der Waals surface area contributed by atoms with Gasteiger partial charge in [-0.3, -0.25) is 13.8 Å². The average molecular weight is 1240 g/mol. The highest BCUT2D eigenvalue weighted by molar-refractivity contribution is 7.47. The molecule has 504 valence electrons. The van der Waals surface area contributed by atoms with Gasteiger partial charge in [-0.25, -0.2) is 4.57 Å². The van der Waals surface area contributed by atoms with Gasteiger partial charge in [0.2, 0.25) is 5.91 Å². The van der Waals surface area contributed by atoms with Crippen LogP contribution in [0, 0.1) is 0 Å². The molecule has 0 aromatic carbocycles. The first-order valence-electron chi connectivity index (χ1n) is 36.2. The largest absolute Gasteiger partial charge is 0.472 e. The monoisotopic (exact) mass is 1240 g/mol. The zero-order chi connectivity index (χ0) is 64.1. The fraction of sp³-hybridized carbons (Fsp3) is 0.684. The van der Waals surface area contributed by atoms with Crippen LogP contribution in [0.5, 0.6) is 0 Å². The van der Waals surface area contributed by atoms with E-state index >= 15 is 0 Å². The molecule has 88 heavy (non-hydrogen) atoms. The lowest BCUT2D eigenvalue weighted by atomic mass is 10.0. The maximum atomic E-state index is 13.1. The molecule has 0 heterocycles. The Morgan fingerprint density at radius 2 is 0.693 bits per heavy atom. The second kappa shape index (κ2) is 67.8. The molecule has 9 heteroatoms. The Morgan fingerprint density at radius 1 is 0.398 bits per heavy atom. The topological polar surface area (TPSA) is 105 Å². The van der Waals surface area contributed by atoms with Gasteiger partial charge in [0.05, 0.1) is 39.9 Å². The van der Waals surface area contributed by atoms with Gasteiger partial charge in [0.1, 0.15) is 13.2 Å². The third kappa shape index (κ3) is 69.8. The van der Waals surface area contributed by atoms with E-state index in [0.717, 1.165) is 116 Å². The molecule has 3 unspecified atom stereocenters. The lowest BCUT2D eigenvalue weighted by molar-refractivity contribution is -0.870. The number of nitrogens with one attached hydrogen (secondary N) is 1. The highest BCUT2D eigenvalue weighted by Gasteiger charge is 2.28. The summed E-state index contributed by atoms with van der Waals surface area (Å²) in [5.74, 6) is -0.206. The number of aliphatic hydroxyl groups is 1. The molecule has 0 aliphatic heterocycles. The van der Waals surface area contributed by atoms with E-state index < -0.39 is 20.0 Å². The maximum Gasteiger partial charge on any atom is 0.472 e. The molecular formula is C79H138N2O6P+. The molecular weight excluding hydrogens is 1100 g/mol. The molecule has 0 spiro atoms. The van der Waals surface area contributed by atoms with Crippen molar-refractivity contribution in [1.29, 1.82) is 0 Å². The number of carbonyl (C=O) groups is 1. The molecule has 1 amide bonds. The summed E-state index contributed by atoms with van der Waals surface area (Å²) >= 11 is 0. The highest BCUT2D eigenvalue weighted by atomic mass is 31.2. The van der Waals surface area contributed by atoms with E-state index in [9.17, 15) is 19.4 Å². The summed E-state index contributed by atoms with van der Waals surface area (Å²) in [6.45, 7) is 4.67. The zero-order valence-electron chi connectivity index (χ0n) is 57.7. The second-order valence-corrected chi connectivity index (χ2v) is 26.7. The first kappa shape index (κ1) is 84.4. The molecule has 3 atom stereocenters. The summed E-state index contributed by atoms with van der Waals surface area (Å²) in [6, 6.07) is -0.889. The van der Waals surface area contributed by atoms with E-state index in [4.69, 9.17) is 9.05 Å². The van der Waals surface area contributed by atoms with Crippen LogP contribution in [0.3, 0.4) is 0 Å². The Labute approximate surface area is 544 Å². The Bertz CT molecular complexity index is 1950. The van der Waals surface area contributed by atoms with Gasteiger partial charge >= 0.3 is 7.82 Å². The van der Waals surface area contributed by atoms with Gasteiger partial charge in [0.15, 0.2) is 0 Å². The van der Waals surface area contributed by atoms with Crippen molar-refractivity contribution in [2.75, 3.05) is 40.9 Å². The molecule has 0 rings (SSSR count). The van der Waals surface area contributed by atoms with E-state index in [0.29, 0.717) is 17.4 Å². The number of phosphoric acid groups is 1. The van der Waals surface area contributed by atoms with Gasteiger partial charge in [0.25, 0.3) is 0 Å². The maximum absolute atomic E-state index is 13.1. The smallest absolute Gasteiger partial charge is 0.387 e. The molecule has 0 bridgehead atoms. The van der Waals surface area contributed by atoms with E-state index in [1.165, 1.54) is 161 Å². The molecule has 0 aromatic rings. The number of hydrogen-bond donors (Lipinski definition) is 3. The molecule has 3 N–H and O–H groups in total. The summed E-state index contributed by atoms with van der Waals surface area (Å²) < 4.78 is 23.8. The zero-order valence-corrected chi connectivity index (χ0v) is 58.6. The van der Waals surface area contributed by atoms with Crippen LogP contribution in [0.15, 0.2) is 146 Å². The minimum atomic E-state index is -4.38. The fourth-order valence-electron chi connectivity index (χ4n) is 9.95. The molecule has 0 aromatic heterocycles. The molecule has 8 nitrogen and oxygen atoms in total. The van der Waals surface area contributed by atoms with Crippen LogP contribution < -0.4 is 5.32 Å². The normalized spacial score (nSPS) is 14.5. The number of quaternary nitrogens is 1. The molecule has 0 aliphatic rings. The van der Waals surface area contributed by atoms with Gasteiger partial charge in [0, 0.05) is 6.42 Å². The SMILES string of the molecule is CC/C=C\C/C=C\C/C=C\C/C=C\C/C=C\C/C=C\C/C=C\C/C=C\C/C=C\CCCCCCCCCC(=O)NC(COP(=O)(O)OCC[N+](C)(C)C)C(O)/C=C/CC/C=C/CC/C=C/CCCCCCCCCCCCCCCCCCCCCCC. The third-order valence-corrected chi connectivity index (χ3v) is 16.5. The predicted octanol–water partition coefficient (Wildman–Crippen LogP) is 23.6. The third-order valence-electron chi connectivity index (χ3n) is 15.5. The van der Waals surface area contributed by atoms with Gasteiger partial charge in [-0.1, -0.05) is 320 Å². The quantitative estimate of drug-likeness (QED) is 0.0243. The van der Waals surface area contributed by atoms with Crippen molar-refractivity contribution in [2.45, 2.75) is 309 Å². The fourth-order valence-corrected chi connectivity index (χ4v) is 10.7. The number of carbonyl (C=O) groups excluding carboxylic acids is 1. The first-order chi connectivity index (χ1) is 43.0. The number of phosphoric ester groups is 1. The summed E-state index contributed by atoms with van der Waals surface area (Å²) in [5.41, 5.74) is 0. The number of aliphatic hydroxyl groups excluding tert-OH is 1. The standard InChI is InChI=1S/C79H137N2O6P/c1-6-8-10-12-14-16-18-20-22-24-26-28-30-32-34-36-38-39-40-41-43-45-47-49-51-53-55-57-59-61-63-65-67-69-71-73-79(83)80-77(76-87-88(84,85)86-75-74-81(3,4)5)78(82)72-70-68-66-64-62-60-58-56-54-52-50-48-46-44-42-37-35-33-31-29-27-25-23-21-19-17-15-13-11-9-7-2/h8,10,14,16,20,22,26,28,32,34,38-39,41,43,47,49,53-56,62,64,70,72,77-78,82H,6-7,9,11-13,15,17-19,21,23-25,27,29-31,33,35-37,40,42,44-46,48,50-52,57-61,63,65-69,71,73-76H2,1-5H3,(H-,80,83,84,85)/p+1/b10-8-,16-14-,22-20-,28-26-,34-32-,39-38-,43-41-,49-47-,55-53-,56-54+,64-62+,72-70+. The highest BCUT2D eigenvalue weighted by Crippen LogP contribution is 2.43. The van der Waals surface area contributed by atoms with Gasteiger partial charge < -0.3 is 19.8 Å². The van der Waals surface area contributed by atoms with Crippen LogP contribution in [0.2, 0.25) is 0 Å². The number of likely N-dealkylation sites (N-methyl/N-ethyl adjacent to an activating group) is 1. The van der Waals surface area contributed by atoms with Crippen LogP contribution in [-0.4, -0.2) is 73.4 Å². The van der Waals surface area contributed by atoms with Crippen LogP contribution >= 0.6 is 7.82 Å². The number of rotatable bonds is 65. The van der Waals surface area contributed by atoms with E-state index in [2.05, 4.69) is 153 Å². The number of amides is 1. The lowest BCUT2D eigenvalue weighted by Gasteiger charge is -2.25. The van der Waals surface area contributed by atoms with Crippen LogP contribution in [-0.2, 0) is 18.4 Å². The Hall–Kier alpha value is -3.62. The van der Waals surface area contributed by atoms with Crippen molar-refractivity contribution < 1.29 is 32.9 Å². The van der Waals surface area contributed by atoms with E-state index in [1.807, 2.05) is 27.2 Å². The van der Waals surface area contributed by atoms with E-state index in [1.54, 1.807) is 6.08 Å². The number of allylic oxidation sites excluding steroid dienone is 23. The Kier molecular flexibility index (Phi) is 65.0. The van der Waals surface area contributed by atoms with Crippen molar-refractivity contribution in [1.82, 2.24) is 5.32 Å². The van der Waals surface area contributed by atoms with Gasteiger partial charge in [-0.05, 0) is 116 Å². The molecule has 0 saturated carbocycles. The van der Waals surface area contributed by atoms with Crippen molar-refractivity contribution in [3.8, 4) is 0 Å². The van der Waals surface area contributed by atoms with Gasteiger partial charge in [-0.2, -0.15) is 0 Å². The summed E-state index contributed by atoms with van der Waals surface area (Å²) in [7, 11) is 1.52. The number of hydrogen-bond acceptors (Lipinski definition) is 5. The summed E-state index contributed by atoms with van der Waals surface area (Å²) in [4.78, 5) is 23.4. The van der Waals surface area contributed by atoms with Crippen molar-refractivity contribution in [3.05, 3.63) is 146 Å². The van der Waals surface area contributed by atoms with Crippen molar-refractivity contribution in [3.63, 3.8) is 0 Å². The second-order valence-electron chi connectivity index (χ2n) is 25.2. The summed E-state index contributed by atoms with van der Waals surface area (Å²) in [6.07, 6.45) is 104. The summed E-state index contributed by atoms with van der Waals surface area (Å²) in [5, 5.41) is 14.0. The number of unbranched alkanes of at least 4 members (excludes halogenated alkanes) is 30. The molecule has 0 fully saturated rings. The molecule has 0 saturated heterocycles. The van der Waals surface area contributed by atoms with Crippen LogP contribution in [0.25, 0.3) is 0 Å². The Morgan fingerprint density at radius 3 is 1.05 bits per heavy atom. The molecule has 0 aliphatic carbocycles. The van der Waals surface area contributed by atoms with Crippen LogP contribution in [0.4, 0.5) is 0 Å². The van der Waals surface area contributed by atoms with E-state index in [-0.39, 0.29) is 19.1 Å². The van der Waals surface area contributed by atoms with Crippen molar-refractivity contribution >= 4 is 13.7 Å². The van der Waals surface area contributed by atoms with Gasteiger partial charge in [-0.15, -0.1) is 0 Å². The minimum absolute atomic E-state index is 0.0436. The van der Waals surface area contributed by atoms with Crippen molar-refractivity contribution in [2.24, 2.45) is 0 Å². The average Bonchev–Trinajstić information content (AvgIpc) is 3.64.